The molecular weight excluding hydrogens is 340 g/mol. The summed E-state index contributed by atoms with van der Waals surface area (Å²) in [7, 11) is 1.64. The zero-order valence-electron chi connectivity index (χ0n) is 15.4. The zero-order valence-corrected chi connectivity index (χ0v) is 15.4. The van der Waals surface area contributed by atoms with Crippen LogP contribution in [0.2, 0.25) is 0 Å². The molecule has 1 aromatic heterocycles. The maximum Gasteiger partial charge on any atom is 0.254 e. The molecule has 138 valence electrons. The van der Waals surface area contributed by atoms with Crippen LogP contribution in [0.5, 0.6) is 5.75 Å². The Morgan fingerprint density at radius 3 is 2.41 bits per heavy atom. The van der Waals surface area contributed by atoms with Crippen LogP contribution in [0.4, 0.5) is 5.95 Å². The first kappa shape index (κ1) is 18.4. The summed E-state index contributed by atoms with van der Waals surface area (Å²) < 4.78 is 5.32. The fraction of sp³-hybridized carbons (Fsp3) is 0.190. The van der Waals surface area contributed by atoms with Gasteiger partial charge in [-0.15, -0.1) is 0 Å². The normalized spacial score (nSPS) is 10.3. The Morgan fingerprint density at radius 2 is 1.70 bits per heavy atom. The minimum absolute atomic E-state index is 0.202. The second-order valence-electron chi connectivity index (χ2n) is 6.13. The summed E-state index contributed by atoms with van der Waals surface area (Å²) >= 11 is 0. The maximum atomic E-state index is 12.2. The van der Waals surface area contributed by atoms with E-state index in [9.17, 15) is 4.79 Å². The molecule has 2 N–H and O–H groups in total. The second kappa shape index (κ2) is 8.80. The van der Waals surface area contributed by atoms with Crippen LogP contribution in [0.1, 0.15) is 27.0 Å². The van der Waals surface area contributed by atoms with E-state index in [1.165, 1.54) is 18.0 Å². The van der Waals surface area contributed by atoms with E-state index in [-0.39, 0.29) is 5.91 Å². The largest absolute Gasteiger partial charge is 0.496 e. The van der Waals surface area contributed by atoms with Gasteiger partial charge in [0.15, 0.2) is 0 Å². The molecule has 6 nitrogen and oxygen atoms in total. The number of para-hydroxylation sites is 1. The van der Waals surface area contributed by atoms with E-state index >= 15 is 0 Å². The molecule has 0 radical (unpaired) electrons. The van der Waals surface area contributed by atoms with Gasteiger partial charge in [-0.2, -0.15) is 0 Å². The lowest BCUT2D eigenvalue weighted by Crippen LogP contribution is -2.23. The number of ether oxygens (including phenoxy) is 1. The van der Waals surface area contributed by atoms with Crippen LogP contribution in [-0.2, 0) is 13.1 Å². The number of benzene rings is 2. The number of nitrogens with one attached hydrogen (secondary N) is 2. The highest BCUT2D eigenvalue weighted by Crippen LogP contribution is 2.18. The second-order valence-corrected chi connectivity index (χ2v) is 6.13. The first-order valence-corrected chi connectivity index (χ1v) is 8.67. The van der Waals surface area contributed by atoms with Gasteiger partial charge in [0.25, 0.3) is 5.91 Å². The summed E-state index contributed by atoms with van der Waals surface area (Å²) in [5, 5.41) is 6.00. The number of carbonyl (C=O) groups excluding carboxylic acids is 1. The molecule has 1 amide bonds. The third-order valence-electron chi connectivity index (χ3n) is 4.12. The summed E-state index contributed by atoms with van der Waals surface area (Å²) in [6.45, 7) is 3.03. The van der Waals surface area contributed by atoms with Crippen molar-refractivity contribution in [1.82, 2.24) is 15.3 Å². The van der Waals surface area contributed by atoms with Gasteiger partial charge in [0, 0.05) is 31.0 Å². The molecule has 0 saturated heterocycles. The molecule has 0 unspecified atom stereocenters. The summed E-state index contributed by atoms with van der Waals surface area (Å²) in [5.74, 6) is 1.06. The van der Waals surface area contributed by atoms with Crippen LogP contribution in [0, 0.1) is 6.92 Å². The van der Waals surface area contributed by atoms with Crippen molar-refractivity contribution < 1.29 is 9.53 Å². The molecular formula is C21H22N4O2. The number of aryl methyl sites for hydroxylation is 1. The predicted molar refractivity (Wildman–Crippen MR) is 105 cm³/mol. The van der Waals surface area contributed by atoms with Crippen LogP contribution in [-0.4, -0.2) is 23.0 Å². The number of methoxy groups -OCH3 is 1. The topological polar surface area (TPSA) is 76.1 Å². The van der Waals surface area contributed by atoms with Crippen molar-refractivity contribution >= 4 is 11.9 Å². The summed E-state index contributed by atoms with van der Waals surface area (Å²) in [6, 6.07) is 15.8. The number of amides is 1. The average Bonchev–Trinajstić information content (AvgIpc) is 2.72. The lowest BCUT2D eigenvalue weighted by Gasteiger charge is -2.09. The minimum Gasteiger partial charge on any atom is -0.496 e. The number of aromatic nitrogens is 2. The van der Waals surface area contributed by atoms with E-state index in [0.717, 1.165) is 16.9 Å². The zero-order chi connectivity index (χ0) is 19.1. The first-order chi connectivity index (χ1) is 13.2. The molecule has 27 heavy (non-hydrogen) atoms. The minimum atomic E-state index is -0.202. The number of carbonyl (C=O) groups is 1. The molecule has 3 aromatic rings. The van der Waals surface area contributed by atoms with Gasteiger partial charge in [-0.1, -0.05) is 48.0 Å². The molecule has 0 fully saturated rings. The molecule has 0 bridgehead atoms. The number of hydrogen-bond donors (Lipinski definition) is 2. The van der Waals surface area contributed by atoms with E-state index in [4.69, 9.17) is 4.74 Å². The Kier molecular flexibility index (Phi) is 5.99. The third-order valence-corrected chi connectivity index (χ3v) is 4.12. The number of hydrogen-bond acceptors (Lipinski definition) is 5. The van der Waals surface area contributed by atoms with Crippen LogP contribution >= 0.6 is 0 Å². The maximum absolute atomic E-state index is 12.2. The molecule has 0 saturated carbocycles. The van der Waals surface area contributed by atoms with E-state index in [0.29, 0.717) is 24.6 Å². The van der Waals surface area contributed by atoms with Crippen molar-refractivity contribution in [1.29, 1.82) is 0 Å². The van der Waals surface area contributed by atoms with Gasteiger partial charge in [-0.25, -0.2) is 9.97 Å². The Morgan fingerprint density at radius 1 is 1.00 bits per heavy atom. The summed E-state index contributed by atoms with van der Waals surface area (Å²) in [6.07, 6.45) is 3.03. The molecule has 0 aliphatic heterocycles. The average molecular weight is 362 g/mol. The van der Waals surface area contributed by atoms with Crippen LogP contribution in [0.25, 0.3) is 0 Å². The molecule has 2 aromatic carbocycles. The van der Waals surface area contributed by atoms with Gasteiger partial charge in [-0.05, 0) is 18.6 Å². The van der Waals surface area contributed by atoms with E-state index in [1.807, 2.05) is 55.5 Å². The van der Waals surface area contributed by atoms with E-state index in [1.54, 1.807) is 7.11 Å². The van der Waals surface area contributed by atoms with Gasteiger partial charge < -0.3 is 15.4 Å². The Labute approximate surface area is 158 Å². The molecule has 0 aliphatic rings. The van der Waals surface area contributed by atoms with Crippen molar-refractivity contribution in [2.45, 2.75) is 20.0 Å². The fourth-order valence-corrected chi connectivity index (χ4v) is 2.55. The van der Waals surface area contributed by atoms with Gasteiger partial charge in [0.1, 0.15) is 5.75 Å². The summed E-state index contributed by atoms with van der Waals surface area (Å²) in [5.41, 5.74) is 3.66. The predicted octanol–water partition coefficient (Wildman–Crippen LogP) is 3.34. The summed E-state index contributed by atoms with van der Waals surface area (Å²) in [4.78, 5) is 20.7. The molecule has 3 rings (SSSR count). The Balaban J connectivity index is 1.54. The third kappa shape index (κ3) is 5.04. The number of rotatable bonds is 7. The van der Waals surface area contributed by atoms with Crippen molar-refractivity contribution in [2.24, 2.45) is 0 Å². The van der Waals surface area contributed by atoms with Crippen molar-refractivity contribution in [3.05, 3.63) is 83.2 Å². The lowest BCUT2D eigenvalue weighted by atomic mass is 10.1. The first-order valence-electron chi connectivity index (χ1n) is 8.67. The van der Waals surface area contributed by atoms with Gasteiger partial charge >= 0.3 is 0 Å². The highest BCUT2D eigenvalue weighted by atomic mass is 16.5. The van der Waals surface area contributed by atoms with Gasteiger partial charge in [0.2, 0.25) is 5.95 Å². The van der Waals surface area contributed by atoms with Crippen LogP contribution in [0.3, 0.4) is 0 Å². The highest BCUT2D eigenvalue weighted by molar-refractivity contribution is 5.93. The van der Waals surface area contributed by atoms with Gasteiger partial charge in [-0.3, -0.25) is 4.79 Å². The Bertz CT molecular complexity index is 893. The van der Waals surface area contributed by atoms with E-state index in [2.05, 4.69) is 20.6 Å². The van der Waals surface area contributed by atoms with E-state index < -0.39 is 0 Å². The molecule has 0 spiro atoms. The van der Waals surface area contributed by atoms with Gasteiger partial charge in [0.05, 0.1) is 12.7 Å². The van der Waals surface area contributed by atoms with Crippen LogP contribution < -0.4 is 15.4 Å². The van der Waals surface area contributed by atoms with Crippen LogP contribution in [0.15, 0.2) is 60.9 Å². The number of anilines is 1. The molecule has 0 aliphatic carbocycles. The monoisotopic (exact) mass is 362 g/mol. The molecule has 6 heteroatoms. The van der Waals surface area contributed by atoms with Crippen molar-refractivity contribution in [2.75, 3.05) is 12.4 Å². The highest BCUT2D eigenvalue weighted by Gasteiger charge is 2.08. The quantitative estimate of drug-likeness (QED) is 0.674. The molecule has 0 atom stereocenters. The van der Waals surface area contributed by atoms with Crippen molar-refractivity contribution in [3.63, 3.8) is 0 Å². The fourth-order valence-electron chi connectivity index (χ4n) is 2.55. The lowest BCUT2D eigenvalue weighted by molar-refractivity contribution is 0.0950. The van der Waals surface area contributed by atoms with Crippen molar-refractivity contribution in [3.8, 4) is 5.75 Å². The Hall–Kier alpha value is -3.41. The molecule has 1 heterocycles. The number of nitrogens with zero attached hydrogens (tertiary/aromatic N) is 2. The SMILES string of the molecule is COc1ccccc1CNc1ncc(C(=O)NCc2ccc(C)cc2)cn1. The smallest absolute Gasteiger partial charge is 0.254 e. The standard InChI is InChI=1S/C21H22N4O2/c1-15-7-9-16(10-8-15)11-22-20(26)18-13-24-21(25-14-18)23-12-17-5-3-4-6-19(17)27-2/h3-10,13-14H,11-12H2,1-2H3,(H,22,26)(H,23,24,25).